The van der Waals surface area contributed by atoms with Gasteiger partial charge in [0.2, 0.25) is 0 Å². The van der Waals surface area contributed by atoms with Gasteiger partial charge in [-0.15, -0.1) is 0 Å². The SMILES string of the molecule is C=C1OCCC1C(C1CCCO1)C1CCOC1=C. The van der Waals surface area contributed by atoms with Crippen molar-refractivity contribution < 1.29 is 14.2 Å². The van der Waals surface area contributed by atoms with Crippen LogP contribution in [0.5, 0.6) is 0 Å². The molecule has 3 aliphatic heterocycles. The Bertz CT molecular complexity index is 318. The van der Waals surface area contributed by atoms with Crippen LogP contribution >= 0.6 is 0 Å². The molecule has 100 valence electrons. The van der Waals surface area contributed by atoms with Gasteiger partial charge in [0.1, 0.15) is 0 Å². The van der Waals surface area contributed by atoms with E-state index in [1.54, 1.807) is 0 Å². The van der Waals surface area contributed by atoms with E-state index >= 15 is 0 Å². The molecule has 18 heavy (non-hydrogen) atoms. The molecule has 3 nitrogen and oxygen atoms in total. The first-order valence-electron chi connectivity index (χ1n) is 7.02. The molecule has 3 rings (SSSR count). The summed E-state index contributed by atoms with van der Waals surface area (Å²) in [4.78, 5) is 0. The second-order valence-electron chi connectivity index (χ2n) is 5.55. The molecule has 0 aromatic carbocycles. The van der Waals surface area contributed by atoms with E-state index in [2.05, 4.69) is 13.2 Å². The standard InChI is InChI=1S/C15H22O3/c1-10-12(5-8-16-10)15(14-4-3-7-18-14)13-6-9-17-11(13)2/h12-15H,1-9H2. The lowest BCUT2D eigenvalue weighted by atomic mass is 9.74. The van der Waals surface area contributed by atoms with Crippen molar-refractivity contribution in [2.24, 2.45) is 17.8 Å². The molecule has 0 radical (unpaired) electrons. The maximum absolute atomic E-state index is 5.94. The lowest BCUT2D eigenvalue weighted by Crippen LogP contribution is -2.33. The second kappa shape index (κ2) is 4.96. The summed E-state index contributed by atoms with van der Waals surface area (Å²) >= 11 is 0. The molecular formula is C15H22O3. The van der Waals surface area contributed by atoms with Crippen LogP contribution in [0.4, 0.5) is 0 Å². The molecule has 0 aromatic heterocycles. The fraction of sp³-hybridized carbons (Fsp3) is 0.733. The Morgan fingerprint density at radius 2 is 1.50 bits per heavy atom. The van der Waals surface area contributed by atoms with Crippen LogP contribution < -0.4 is 0 Å². The highest BCUT2D eigenvalue weighted by Gasteiger charge is 2.44. The zero-order valence-corrected chi connectivity index (χ0v) is 10.9. The van der Waals surface area contributed by atoms with Crippen molar-refractivity contribution in [2.45, 2.75) is 31.8 Å². The number of allylic oxidation sites excluding steroid dienone is 2. The molecule has 0 spiro atoms. The predicted molar refractivity (Wildman–Crippen MR) is 68.9 cm³/mol. The lowest BCUT2D eigenvalue weighted by molar-refractivity contribution is 0.0221. The van der Waals surface area contributed by atoms with Crippen molar-refractivity contribution in [2.75, 3.05) is 19.8 Å². The van der Waals surface area contributed by atoms with Crippen LogP contribution in [-0.2, 0) is 14.2 Å². The number of rotatable bonds is 3. The van der Waals surface area contributed by atoms with Gasteiger partial charge in [-0.3, -0.25) is 0 Å². The van der Waals surface area contributed by atoms with Gasteiger partial charge in [-0.1, -0.05) is 13.2 Å². The van der Waals surface area contributed by atoms with Gasteiger partial charge in [0.15, 0.2) is 0 Å². The molecular weight excluding hydrogens is 228 g/mol. The van der Waals surface area contributed by atoms with Crippen LogP contribution in [0.25, 0.3) is 0 Å². The minimum Gasteiger partial charge on any atom is -0.498 e. The van der Waals surface area contributed by atoms with Crippen molar-refractivity contribution in [1.82, 2.24) is 0 Å². The molecule has 3 heteroatoms. The summed E-state index contributed by atoms with van der Waals surface area (Å²) in [6, 6.07) is 0. The van der Waals surface area contributed by atoms with Gasteiger partial charge < -0.3 is 14.2 Å². The third-order valence-electron chi connectivity index (χ3n) is 4.58. The Balaban J connectivity index is 1.82. The normalized spacial score (nSPS) is 37.7. The Kier molecular flexibility index (Phi) is 3.33. The largest absolute Gasteiger partial charge is 0.498 e. The van der Waals surface area contributed by atoms with E-state index in [-0.39, 0.29) is 0 Å². The highest BCUT2D eigenvalue weighted by molar-refractivity contribution is 5.09. The second-order valence-corrected chi connectivity index (χ2v) is 5.55. The van der Waals surface area contributed by atoms with Crippen molar-refractivity contribution >= 4 is 0 Å². The minimum absolute atomic E-state index is 0.330. The first-order valence-corrected chi connectivity index (χ1v) is 7.02. The first kappa shape index (κ1) is 12.1. The summed E-state index contributed by atoms with van der Waals surface area (Å²) in [5.41, 5.74) is 0. The third-order valence-corrected chi connectivity index (χ3v) is 4.58. The van der Waals surface area contributed by atoms with E-state index in [9.17, 15) is 0 Å². The maximum atomic E-state index is 5.94. The third kappa shape index (κ3) is 2.05. The van der Waals surface area contributed by atoms with Crippen LogP contribution in [0.2, 0.25) is 0 Å². The molecule has 3 unspecified atom stereocenters. The molecule has 3 saturated heterocycles. The quantitative estimate of drug-likeness (QED) is 0.771. The molecule has 3 atom stereocenters. The van der Waals surface area contributed by atoms with E-state index in [1.807, 2.05) is 0 Å². The van der Waals surface area contributed by atoms with Gasteiger partial charge in [-0.2, -0.15) is 0 Å². The van der Waals surface area contributed by atoms with Crippen LogP contribution in [-0.4, -0.2) is 25.9 Å². The average molecular weight is 250 g/mol. The molecule has 3 aliphatic rings. The van der Waals surface area contributed by atoms with Crippen LogP contribution in [0, 0.1) is 17.8 Å². The lowest BCUT2D eigenvalue weighted by Gasteiger charge is -2.32. The molecule has 0 aromatic rings. The van der Waals surface area contributed by atoms with Crippen molar-refractivity contribution in [3.8, 4) is 0 Å². The van der Waals surface area contributed by atoms with E-state index in [0.717, 1.165) is 50.6 Å². The number of ether oxygens (including phenoxy) is 3. The van der Waals surface area contributed by atoms with E-state index < -0.39 is 0 Å². The van der Waals surface area contributed by atoms with Crippen LogP contribution in [0.1, 0.15) is 25.7 Å². The van der Waals surface area contributed by atoms with Gasteiger partial charge in [-0.05, 0) is 25.7 Å². The van der Waals surface area contributed by atoms with Gasteiger partial charge in [0.05, 0.1) is 30.8 Å². The zero-order chi connectivity index (χ0) is 12.5. The molecule has 0 saturated carbocycles. The number of hydrogen-bond acceptors (Lipinski definition) is 3. The van der Waals surface area contributed by atoms with E-state index in [1.165, 1.54) is 6.42 Å². The Hall–Kier alpha value is -0.960. The Labute approximate surface area is 109 Å². The fourth-order valence-corrected chi connectivity index (χ4v) is 3.69. The monoisotopic (exact) mass is 250 g/mol. The predicted octanol–water partition coefficient (Wildman–Crippen LogP) is 2.88. The molecule has 0 amide bonds. The van der Waals surface area contributed by atoms with Gasteiger partial charge in [-0.25, -0.2) is 0 Å². The molecule has 3 fully saturated rings. The summed E-state index contributed by atoms with van der Waals surface area (Å²) < 4.78 is 17.1. The van der Waals surface area contributed by atoms with Crippen LogP contribution in [0.15, 0.2) is 24.7 Å². The topological polar surface area (TPSA) is 27.7 Å². The smallest absolute Gasteiger partial charge is 0.0924 e. The summed E-state index contributed by atoms with van der Waals surface area (Å²) in [6.45, 7) is 10.6. The fourth-order valence-electron chi connectivity index (χ4n) is 3.69. The van der Waals surface area contributed by atoms with Crippen molar-refractivity contribution in [1.29, 1.82) is 0 Å². The Morgan fingerprint density at radius 1 is 0.889 bits per heavy atom. The maximum Gasteiger partial charge on any atom is 0.0924 e. The Morgan fingerprint density at radius 3 is 1.89 bits per heavy atom. The van der Waals surface area contributed by atoms with E-state index in [0.29, 0.717) is 23.9 Å². The van der Waals surface area contributed by atoms with Gasteiger partial charge in [0, 0.05) is 24.4 Å². The summed E-state index contributed by atoms with van der Waals surface area (Å²) in [6.07, 6.45) is 4.77. The molecule has 0 aliphatic carbocycles. The number of hydrogen-bond donors (Lipinski definition) is 0. The zero-order valence-electron chi connectivity index (χ0n) is 10.9. The highest BCUT2D eigenvalue weighted by atomic mass is 16.5. The molecule has 0 N–H and O–H groups in total. The first-order chi connectivity index (χ1) is 8.77. The highest BCUT2D eigenvalue weighted by Crippen LogP contribution is 2.45. The molecule has 0 bridgehead atoms. The van der Waals surface area contributed by atoms with Gasteiger partial charge in [0.25, 0.3) is 0 Å². The average Bonchev–Trinajstić information content (AvgIpc) is 3.05. The summed E-state index contributed by atoms with van der Waals surface area (Å²) in [5, 5.41) is 0. The summed E-state index contributed by atoms with van der Waals surface area (Å²) in [5.74, 6) is 3.15. The van der Waals surface area contributed by atoms with Gasteiger partial charge >= 0.3 is 0 Å². The summed E-state index contributed by atoms with van der Waals surface area (Å²) in [7, 11) is 0. The van der Waals surface area contributed by atoms with Crippen molar-refractivity contribution in [3.05, 3.63) is 24.7 Å². The van der Waals surface area contributed by atoms with Crippen LogP contribution in [0.3, 0.4) is 0 Å². The van der Waals surface area contributed by atoms with E-state index in [4.69, 9.17) is 14.2 Å². The minimum atomic E-state index is 0.330. The van der Waals surface area contributed by atoms with Crippen molar-refractivity contribution in [3.63, 3.8) is 0 Å². The molecule has 3 heterocycles.